The monoisotopic (exact) mass is 275 g/mol. The van der Waals surface area contributed by atoms with Crippen LogP contribution in [0.2, 0.25) is 0 Å². The van der Waals surface area contributed by atoms with Gasteiger partial charge in [0.05, 0.1) is 30.2 Å². The summed E-state index contributed by atoms with van der Waals surface area (Å²) < 4.78 is 10.2. The van der Waals surface area contributed by atoms with Crippen LogP contribution >= 0.6 is 0 Å². The zero-order valence-electron chi connectivity index (χ0n) is 11.6. The summed E-state index contributed by atoms with van der Waals surface area (Å²) in [4.78, 5) is 15.9. The Morgan fingerprint density at radius 1 is 1.50 bits per heavy atom. The van der Waals surface area contributed by atoms with Gasteiger partial charge in [-0.1, -0.05) is 6.07 Å². The molecule has 1 unspecified atom stereocenters. The van der Waals surface area contributed by atoms with Gasteiger partial charge < -0.3 is 20.2 Å². The molecular weight excluding hydrogens is 258 g/mol. The maximum atomic E-state index is 11.8. The lowest BCUT2D eigenvalue weighted by atomic mass is 10.1. The number of anilines is 2. The van der Waals surface area contributed by atoms with Crippen LogP contribution in [-0.2, 0) is 4.74 Å². The van der Waals surface area contributed by atoms with Crippen molar-refractivity contribution in [2.24, 2.45) is 0 Å². The second-order valence-corrected chi connectivity index (χ2v) is 4.44. The highest BCUT2D eigenvalue weighted by Gasteiger charge is 2.18. The molecule has 2 rings (SSSR count). The number of oxazole rings is 1. The van der Waals surface area contributed by atoms with Crippen molar-refractivity contribution >= 4 is 17.3 Å². The summed E-state index contributed by atoms with van der Waals surface area (Å²) in [6, 6.07) is 4.84. The molecule has 0 aliphatic rings. The molecular formula is C14H17N3O3. The number of hydrogen-bond acceptors (Lipinski definition) is 6. The zero-order valence-corrected chi connectivity index (χ0v) is 11.6. The SMILES string of the molecule is COC(=O)c1cccc(N)c1NC(C)c1ncc(C)o1. The molecule has 0 saturated heterocycles. The van der Waals surface area contributed by atoms with E-state index in [1.165, 1.54) is 7.11 Å². The Hall–Kier alpha value is -2.50. The van der Waals surface area contributed by atoms with Crippen molar-refractivity contribution in [3.8, 4) is 0 Å². The molecule has 106 valence electrons. The van der Waals surface area contributed by atoms with Crippen molar-refractivity contribution in [3.63, 3.8) is 0 Å². The van der Waals surface area contributed by atoms with Gasteiger partial charge in [-0.3, -0.25) is 0 Å². The van der Waals surface area contributed by atoms with E-state index in [1.54, 1.807) is 24.4 Å². The number of carbonyl (C=O) groups is 1. The number of nitrogens with two attached hydrogens (primary N) is 1. The number of ether oxygens (including phenoxy) is 1. The standard InChI is InChI=1S/C14H17N3O3/c1-8-7-16-13(20-8)9(2)17-12-10(14(18)19-3)5-4-6-11(12)15/h4-7,9,17H,15H2,1-3H3. The Bertz CT molecular complexity index is 622. The van der Waals surface area contributed by atoms with Crippen molar-refractivity contribution in [1.82, 2.24) is 4.98 Å². The lowest BCUT2D eigenvalue weighted by Crippen LogP contribution is -2.13. The maximum Gasteiger partial charge on any atom is 0.340 e. The summed E-state index contributed by atoms with van der Waals surface area (Å²) >= 11 is 0. The Balaban J connectivity index is 2.30. The topological polar surface area (TPSA) is 90.4 Å². The number of nitrogens with zero attached hydrogens (tertiary/aromatic N) is 1. The molecule has 0 saturated carbocycles. The molecule has 6 heteroatoms. The van der Waals surface area contributed by atoms with E-state index in [-0.39, 0.29) is 6.04 Å². The van der Waals surface area contributed by atoms with Gasteiger partial charge in [0.2, 0.25) is 5.89 Å². The van der Waals surface area contributed by atoms with Crippen LogP contribution in [0.3, 0.4) is 0 Å². The van der Waals surface area contributed by atoms with Crippen LogP contribution in [0.1, 0.15) is 35.0 Å². The molecule has 1 aromatic carbocycles. The first-order valence-corrected chi connectivity index (χ1v) is 6.18. The predicted molar refractivity (Wildman–Crippen MR) is 75.5 cm³/mol. The summed E-state index contributed by atoms with van der Waals surface area (Å²) in [5, 5.41) is 3.14. The fraction of sp³-hybridized carbons (Fsp3) is 0.286. The molecule has 1 aromatic heterocycles. The minimum atomic E-state index is -0.449. The molecule has 1 atom stereocenters. The Kier molecular flexibility index (Phi) is 3.93. The molecule has 2 aromatic rings. The molecule has 0 spiro atoms. The quantitative estimate of drug-likeness (QED) is 0.658. The lowest BCUT2D eigenvalue weighted by molar-refractivity contribution is 0.0602. The second-order valence-electron chi connectivity index (χ2n) is 4.44. The number of aryl methyl sites for hydroxylation is 1. The largest absolute Gasteiger partial charge is 0.465 e. The van der Waals surface area contributed by atoms with Crippen LogP contribution < -0.4 is 11.1 Å². The van der Waals surface area contributed by atoms with Gasteiger partial charge in [-0.05, 0) is 26.0 Å². The van der Waals surface area contributed by atoms with Crippen LogP contribution in [0.25, 0.3) is 0 Å². The van der Waals surface area contributed by atoms with Crippen molar-refractivity contribution in [3.05, 3.63) is 41.6 Å². The van der Waals surface area contributed by atoms with E-state index in [0.29, 0.717) is 22.8 Å². The highest BCUT2D eigenvalue weighted by molar-refractivity contribution is 5.98. The van der Waals surface area contributed by atoms with Gasteiger partial charge in [0.15, 0.2) is 0 Å². The van der Waals surface area contributed by atoms with Crippen molar-refractivity contribution in [2.75, 3.05) is 18.2 Å². The Morgan fingerprint density at radius 3 is 2.85 bits per heavy atom. The van der Waals surface area contributed by atoms with E-state index in [1.807, 2.05) is 13.8 Å². The molecule has 20 heavy (non-hydrogen) atoms. The average molecular weight is 275 g/mol. The first-order chi connectivity index (χ1) is 9.52. The van der Waals surface area contributed by atoms with E-state index in [9.17, 15) is 4.79 Å². The second kappa shape index (κ2) is 5.64. The Labute approximate surface area is 116 Å². The van der Waals surface area contributed by atoms with Gasteiger partial charge in [-0.2, -0.15) is 0 Å². The van der Waals surface area contributed by atoms with Crippen molar-refractivity contribution in [1.29, 1.82) is 0 Å². The number of rotatable bonds is 4. The van der Waals surface area contributed by atoms with Crippen LogP contribution in [0, 0.1) is 6.92 Å². The molecule has 0 fully saturated rings. The fourth-order valence-electron chi connectivity index (χ4n) is 1.86. The lowest BCUT2D eigenvalue weighted by Gasteiger charge is -2.16. The fourth-order valence-corrected chi connectivity index (χ4v) is 1.86. The van der Waals surface area contributed by atoms with Gasteiger partial charge in [-0.25, -0.2) is 9.78 Å². The summed E-state index contributed by atoms with van der Waals surface area (Å²) in [6.45, 7) is 3.69. The normalized spacial score (nSPS) is 11.9. The number of nitrogens with one attached hydrogen (secondary N) is 1. The zero-order chi connectivity index (χ0) is 14.7. The van der Waals surface area contributed by atoms with Crippen molar-refractivity contribution < 1.29 is 13.9 Å². The molecule has 0 aliphatic carbocycles. The summed E-state index contributed by atoms with van der Waals surface area (Å²) in [5.41, 5.74) is 7.28. The van der Waals surface area contributed by atoms with Crippen molar-refractivity contribution in [2.45, 2.75) is 19.9 Å². The molecule has 0 bridgehead atoms. The highest BCUT2D eigenvalue weighted by Crippen LogP contribution is 2.28. The Morgan fingerprint density at radius 2 is 2.25 bits per heavy atom. The summed E-state index contributed by atoms with van der Waals surface area (Å²) in [5.74, 6) is 0.806. The minimum absolute atomic E-state index is 0.225. The number of hydrogen-bond donors (Lipinski definition) is 2. The first-order valence-electron chi connectivity index (χ1n) is 6.18. The predicted octanol–water partition coefficient (Wildman–Crippen LogP) is 2.52. The summed E-state index contributed by atoms with van der Waals surface area (Å²) in [7, 11) is 1.33. The van der Waals surface area contributed by atoms with Gasteiger partial charge >= 0.3 is 5.97 Å². The molecule has 0 aliphatic heterocycles. The molecule has 1 heterocycles. The van der Waals surface area contributed by atoms with Gasteiger partial charge in [0.1, 0.15) is 11.8 Å². The first kappa shape index (κ1) is 13.9. The van der Waals surface area contributed by atoms with Gasteiger partial charge in [0.25, 0.3) is 0 Å². The molecule has 3 N–H and O–H groups in total. The van der Waals surface area contributed by atoms with Crippen LogP contribution in [-0.4, -0.2) is 18.1 Å². The van der Waals surface area contributed by atoms with E-state index in [0.717, 1.165) is 5.76 Å². The molecule has 0 amide bonds. The van der Waals surface area contributed by atoms with Crippen LogP contribution in [0.4, 0.5) is 11.4 Å². The van der Waals surface area contributed by atoms with Crippen LogP contribution in [0.15, 0.2) is 28.8 Å². The maximum absolute atomic E-state index is 11.8. The van der Waals surface area contributed by atoms with E-state index < -0.39 is 5.97 Å². The summed E-state index contributed by atoms with van der Waals surface area (Å²) in [6.07, 6.45) is 1.64. The third-order valence-corrected chi connectivity index (χ3v) is 2.87. The average Bonchev–Trinajstić information content (AvgIpc) is 2.87. The number of esters is 1. The van der Waals surface area contributed by atoms with E-state index >= 15 is 0 Å². The molecule has 6 nitrogen and oxygen atoms in total. The molecule has 0 radical (unpaired) electrons. The third kappa shape index (κ3) is 2.74. The number of para-hydroxylation sites is 1. The van der Waals surface area contributed by atoms with E-state index in [2.05, 4.69) is 10.3 Å². The number of nitrogen functional groups attached to an aromatic ring is 1. The van der Waals surface area contributed by atoms with Gasteiger partial charge in [-0.15, -0.1) is 0 Å². The highest BCUT2D eigenvalue weighted by atomic mass is 16.5. The minimum Gasteiger partial charge on any atom is -0.465 e. The van der Waals surface area contributed by atoms with Crippen LogP contribution in [0.5, 0.6) is 0 Å². The van der Waals surface area contributed by atoms with E-state index in [4.69, 9.17) is 14.9 Å². The smallest absolute Gasteiger partial charge is 0.340 e. The number of aromatic nitrogens is 1. The van der Waals surface area contributed by atoms with Gasteiger partial charge in [0, 0.05) is 0 Å². The number of benzene rings is 1. The third-order valence-electron chi connectivity index (χ3n) is 2.87. The number of carbonyl (C=O) groups excluding carboxylic acids is 1. The number of methoxy groups -OCH3 is 1.